The summed E-state index contributed by atoms with van der Waals surface area (Å²) in [5.74, 6) is -14.3. The van der Waals surface area contributed by atoms with Crippen molar-refractivity contribution < 1.29 is 54.3 Å². The van der Waals surface area contributed by atoms with Crippen molar-refractivity contribution >= 4 is 35.8 Å². The van der Waals surface area contributed by atoms with Crippen LogP contribution in [0.1, 0.15) is 12.8 Å². The number of rotatable bonds is 11. The highest BCUT2D eigenvalue weighted by Crippen LogP contribution is 2.11. The molecular formula is C12H16N2O11. The fraction of sp³-hybridized carbons (Fsp3) is 0.500. The van der Waals surface area contributed by atoms with Gasteiger partial charge in [0.1, 0.15) is 6.04 Å². The molecule has 1 amide bonds. The van der Waals surface area contributed by atoms with Crippen molar-refractivity contribution in [2.75, 3.05) is 0 Å². The summed E-state index contributed by atoms with van der Waals surface area (Å²) in [6, 6.07) is -3.67. The second kappa shape index (κ2) is 9.17. The molecule has 13 nitrogen and oxygen atoms in total. The molecule has 25 heavy (non-hydrogen) atoms. The quantitative estimate of drug-likeness (QED) is 0.184. The van der Waals surface area contributed by atoms with E-state index in [0.717, 1.165) is 0 Å². The third-order valence-electron chi connectivity index (χ3n) is 3.10. The van der Waals surface area contributed by atoms with E-state index in [4.69, 9.17) is 31.3 Å². The number of hydrogen-bond acceptors (Lipinski definition) is 7. The van der Waals surface area contributed by atoms with E-state index < -0.39 is 72.5 Å². The molecule has 0 saturated heterocycles. The lowest BCUT2D eigenvalue weighted by Gasteiger charge is -2.20. The summed E-state index contributed by atoms with van der Waals surface area (Å²) in [6.07, 6.45) is -1.86. The van der Waals surface area contributed by atoms with Gasteiger partial charge in [0.2, 0.25) is 5.91 Å². The average Bonchev–Trinajstić information content (AvgIpc) is 2.46. The van der Waals surface area contributed by atoms with Crippen LogP contribution in [0, 0.1) is 11.8 Å². The van der Waals surface area contributed by atoms with Crippen molar-refractivity contribution in [3.05, 3.63) is 0 Å². The van der Waals surface area contributed by atoms with E-state index in [1.54, 1.807) is 5.32 Å². The van der Waals surface area contributed by atoms with Gasteiger partial charge in [-0.15, -0.1) is 0 Å². The second-order valence-electron chi connectivity index (χ2n) is 4.94. The smallest absolute Gasteiger partial charge is 0.326 e. The van der Waals surface area contributed by atoms with E-state index in [1.807, 2.05) is 0 Å². The molecule has 0 aliphatic heterocycles. The van der Waals surface area contributed by atoms with Crippen LogP contribution in [0.4, 0.5) is 0 Å². The lowest BCUT2D eigenvalue weighted by molar-refractivity contribution is -0.158. The first-order chi connectivity index (χ1) is 11.4. The highest BCUT2D eigenvalue weighted by molar-refractivity contribution is 5.95. The minimum Gasteiger partial charge on any atom is -0.481 e. The highest BCUT2D eigenvalue weighted by atomic mass is 16.4. The summed E-state index contributed by atoms with van der Waals surface area (Å²) in [4.78, 5) is 65.8. The summed E-state index contributed by atoms with van der Waals surface area (Å²) < 4.78 is 0. The molecule has 0 aromatic carbocycles. The van der Waals surface area contributed by atoms with E-state index in [0.29, 0.717) is 0 Å². The van der Waals surface area contributed by atoms with Crippen LogP contribution < -0.4 is 11.1 Å². The lowest BCUT2D eigenvalue weighted by atomic mass is 9.97. The number of carbonyl (C=O) groups excluding carboxylic acids is 1. The topological polar surface area (TPSA) is 242 Å². The summed E-state index contributed by atoms with van der Waals surface area (Å²) in [7, 11) is 0. The van der Waals surface area contributed by atoms with Crippen LogP contribution in [0.3, 0.4) is 0 Å². The molecule has 0 fully saturated rings. The van der Waals surface area contributed by atoms with Crippen molar-refractivity contribution in [3.8, 4) is 0 Å². The SMILES string of the molecule is NC(CC(C(=O)O)C(=O)O)C(=O)NC(CC(C(=O)O)C(=O)O)C(=O)O. The molecule has 8 N–H and O–H groups in total. The molecule has 140 valence electrons. The fourth-order valence-corrected chi connectivity index (χ4v) is 1.71. The fourth-order valence-electron chi connectivity index (χ4n) is 1.71. The van der Waals surface area contributed by atoms with Gasteiger partial charge in [0, 0.05) is 6.42 Å². The van der Waals surface area contributed by atoms with Gasteiger partial charge in [-0.05, 0) is 6.42 Å². The number of aliphatic carboxylic acids is 5. The normalized spacial score (nSPS) is 13.1. The Morgan fingerprint density at radius 2 is 1.04 bits per heavy atom. The van der Waals surface area contributed by atoms with Gasteiger partial charge >= 0.3 is 29.8 Å². The standard InChI is InChI=1S/C12H16N2O11/c13-5(1-3(8(16)17)9(18)19)7(15)14-6(12(24)25)2-4(10(20)21)11(22)23/h3-6H,1-2,13H2,(H,14,15)(H,16,17)(H,18,19)(H,20,21)(H,22,23)(H,24,25). The van der Waals surface area contributed by atoms with Crippen LogP contribution in [0.5, 0.6) is 0 Å². The van der Waals surface area contributed by atoms with Gasteiger partial charge in [-0.2, -0.15) is 0 Å². The zero-order valence-electron chi connectivity index (χ0n) is 12.5. The van der Waals surface area contributed by atoms with Crippen LogP contribution in [0.25, 0.3) is 0 Å². The van der Waals surface area contributed by atoms with E-state index >= 15 is 0 Å². The zero-order chi connectivity index (χ0) is 19.9. The zero-order valence-corrected chi connectivity index (χ0v) is 12.5. The number of hydrogen-bond donors (Lipinski definition) is 7. The molecule has 0 bridgehead atoms. The first-order valence-corrected chi connectivity index (χ1v) is 6.58. The maximum Gasteiger partial charge on any atom is 0.326 e. The van der Waals surface area contributed by atoms with E-state index in [2.05, 4.69) is 0 Å². The summed E-state index contributed by atoms with van der Waals surface area (Å²) in [6.45, 7) is 0. The molecule has 2 atom stereocenters. The number of carboxylic acid groups (broad SMARTS) is 5. The molecule has 0 spiro atoms. The molecule has 2 unspecified atom stereocenters. The third-order valence-corrected chi connectivity index (χ3v) is 3.10. The molecular weight excluding hydrogens is 348 g/mol. The van der Waals surface area contributed by atoms with Crippen LogP contribution in [0.15, 0.2) is 0 Å². The Hall–Kier alpha value is -3.22. The van der Waals surface area contributed by atoms with Gasteiger partial charge in [-0.3, -0.25) is 24.0 Å². The molecule has 0 aliphatic carbocycles. The van der Waals surface area contributed by atoms with Crippen molar-refractivity contribution in [2.45, 2.75) is 24.9 Å². The summed E-state index contributed by atoms with van der Waals surface area (Å²) in [5.41, 5.74) is 5.33. The Morgan fingerprint density at radius 1 is 0.680 bits per heavy atom. The highest BCUT2D eigenvalue weighted by Gasteiger charge is 2.35. The van der Waals surface area contributed by atoms with Crippen molar-refractivity contribution in [2.24, 2.45) is 17.6 Å². The number of amides is 1. The first kappa shape index (κ1) is 21.8. The Bertz CT molecular complexity index is 560. The molecule has 0 saturated carbocycles. The maximum absolute atomic E-state index is 11.8. The van der Waals surface area contributed by atoms with E-state index in [1.165, 1.54) is 0 Å². The number of nitrogens with one attached hydrogen (secondary N) is 1. The van der Waals surface area contributed by atoms with Gasteiger partial charge < -0.3 is 36.6 Å². The lowest BCUT2D eigenvalue weighted by Crippen LogP contribution is -2.51. The van der Waals surface area contributed by atoms with Gasteiger partial charge in [0.15, 0.2) is 11.8 Å². The van der Waals surface area contributed by atoms with Crippen LogP contribution in [-0.4, -0.2) is 73.4 Å². The average molecular weight is 364 g/mol. The Balaban J connectivity index is 5.08. The van der Waals surface area contributed by atoms with Crippen LogP contribution in [0.2, 0.25) is 0 Å². The molecule has 0 aromatic heterocycles. The van der Waals surface area contributed by atoms with Gasteiger partial charge in [-0.25, -0.2) is 4.79 Å². The predicted molar refractivity (Wildman–Crippen MR) is 74.3 cm³/mol. The van der Waals surface area contributed by atoms with E-state index in [9.17, 15) is 28.8 Å². The molecule has 0 aromatic rings. The van der Waals surface area contributed by atoms with Crippen molar-refractivity contribution in [1.82, 2.24) is 5.32 Å². The van der Waals surface area contributed by atoms with Gasteiger partial charge in [-0.1, -0.05) is 0 Å². The van der Waals surface area contributed by atoms with E-state index in [-0.39, 0.29) is 0 Å². The monoisotopic (exact) mass is 364 g/mol. The number of carbonyl (C=O) groups is 6. The maximum atomic E-state index is 11.8. The minimum atomic E-state index is -2.12. The van der Waals surface area contributed by atoms with Crippen LogP contribution in [-0.2, 0) is 28.8 Å². The minimum absolute atomic E-state index is 0.857. The Morgan fingerprint density at radius 3 is 1.36 bits per heavy atom. The van der Waals surface area contributed by atoms with Crippen molar-refractivity contribution in [1.29, 1.82) is 0 Å². The Labute approximate surface area is 139 Å². The Kier molecular flexibility index (Phi) is 7.99. The molecule has 0 aliphatic rings. The first-order valence-electron chi connectivity index (χ1n) is 6.58. The van der Waals surface area contributed by atoms with Crippen LogP contribution >= 0.6 is 0 Å². The van der Waals surface area contributed by atoms with Gasteiger partial charge in [0.05, 0.1) is 6.04 Å². The number of nitrogens with two attached hydrogens (primary N) is 1. The molecule has 0 radical (unpaired) electrons. The predicted octanol–water partition coefficient (Wildman–Crippen LogP) is -2.77. The van der Waals surface area contributed by atoms with Crippen molar-refractivity contribution in [3.63, 3.8) is 0 Å². The third kappa shape index (κ3) is 6.82. The number of carboxylic acids is 5. The summed E-state index contributed by atoms with van der Waals surface area (Å²) >= 11 is 0. The molecule has 0 rings (SSSR count). The largest absolute Gasteiger partial charge is 0.481 e. The molecule has 0 heterocycles. The van der Waals surface area contributed by atoms with Gasteiger partial charge in [0.25, 0.3) is 0 Å². The summed E-state index contributed by atoms with van der Waals surface area (Å²) in [5, 5.41) is 45.5. The second-order valence-corrected chi connectivity index (χ2v) is 4.94. The molecule has 13 heteroatoms.